The Morgan fingerprint density at radius 2 is 2.35 bits per heavy atom. The predicted octanol–water partition coefficient (Wildman–Crippen LogP) is 2.21. The lowest BCUT2D eigenvalue weighted by molar-refractivity contribution is -0.133. The summed E-state index contributed by atoms with van der Waals surface area (Å²) >= 11 is 0. The van der Waals surface area contributed by atoms with Crippen LogP contribution in [0.25, 0.3) is 0 Å². The molecule has 1 aliphatic rings. The van der Waals surface area contributed by atoms with E-state index in [1.165, 1.54) is 0 Å². The summed E-state index contributed by atoms with van der Waals surface area (Å²) in [6.07, 6.45) is 3.49. The molecule has 0 amide bonds. The fraction of sp³-hybridized carbons (Fsp3) is 0.357. The van der Waals surface area contributed by atoms with Crippen molar-refractivity contribution in [3.63, 3.8) is 0 Å². The smallest absolute Gasteiger partial charge is 0.315 e. The number of ether oxygens (including phenoxy) is 1. The summed E-state index contributed by atoms with van der Waals surface area (Å²) in [5.41, 5.74) is 2.21. The number of hydrogen-bond donors (Lipinski definition) is 1. The topological polar surface area (TPSA) is 38.3 Å². The number of carbonyl (C=O) groups excluding carboxylic acids is 1. The number of hydrogen-bond acceptors (Lipinski definition) is 3. The van der Waals surface area contributed by atoms with Gasteiger partial charge in [0.1, 0.15) is 5.75 Å². The van der Waals surface area contributed by atoms with E-state index in [0.717, 1.165) is 30.6 Å². The van der Waals surface area contributed by atoms with Crippen LogP contribution in [0.1, 0.15) is 18.4 Å². The third-order valence-electron chi connectivity index (χ3n) is 2.70. The van der Waals surface area contributed by atoms with E-state index in [2.05, 4.69) is 11.4 Å². The van der Waals surface area contributed by atoms with Gasteiger partial charge >= 0.3 is 5.97 Å². The van der Waals surface area contributed by atoms with E-state index in [4.69, 9.17) is 4.74 Å². The van der Waals surface area contributed by atoms with Crippen molar-refractivity contribution in [2.45, 2.75) is 19.8 Å². The maximum absolute atomic E-state index is 11.7. The van der Waals surface area contributed by atoms with Gasteiger partial charge in [0.25, 0.3) is 0 Å². The highest BCUT2D eigenvalue weighted by Gasteiger charge is 2.10. The van der Waals surface area contributed by atoms with Crippen LogP contribution in [0.15, 0.2) is 35.9 Å². The van der Waals surface area contributed by atoms with Crippen molar-refractivity contribution in [2.24, 2.45) is 0 Å². The van der Waals surface area contributed by atoms with Crippen LogP contribution in [-0.2, 0) is 4.79 Å². The third kappa shape index (κ3) is 3.71. The minimum Gasteiger partial charge on any atom is -0.426 e. The summed E-state index contributed by atoms with van der Waals surface area (Å²) in [5, 5.41) is 3.24. The van der Waals surface area contributed by atoms with Gasteiger partial charge in [-0.3, -0.25) is 4.79 Å². The van der Waals surface area contributed by atoms with E-state index >= 15 is 0 Å². The molecule has 17 heavy (non-hydrogen) atoms. The molecule has 1 heterocycles. The zero-order chi connectivity index (χ0) is 12.1. The number of aryl methyl sites for hydroxylation is 1. The van der Waals surface area contributed by atoms with Gasteiger partial charge in [0.05, 0.1) is 6.42 Å². The molecular weight excluding hydrogens is 214 g/mol. The molecule has 2 rings (SSSR count). The number of nitrogens with one attached hydrogen (secondary N) is 1. The molecule has 1 aliphatic heterocycles. The molecule has 3 nitrogen and oxygen atoms in total. The van der Waals surface area contributed by atoms with Crippen molar-refractivity contribution in [3.05, 3.63) is 41.5 Å². The van der Waals surface area contributed by atoms with Crippen molar-refractivity contribution in [3.8, 4) is 5.75 Å². The lowest BCUT2D eigenvalue weighted by atomic mass is 10.1. The highest BCUT2D eigenvalue weighted by molar-refractivity contribution is 5.75. The van der Waals surface area contributed by atoms with Gasteiger partial charge in [-0.05, 0) is 43.2 Å². The zero-order valence-corrected chi connectivity index (χ0v) is 10.0. The van der Waals surface area contributed by atoms with Crippen LogP contribution in [0, 0.1) is 6.92 Å². The second-order valence-electron chi connectivity index (χ2n) is 4.30. The maximum atomic E-state index is 11.7. The molecule has 0 aliphatic carbocycles. The van der Waals surface area contributed by atoms with Gasteiger partial charge in [-0.15, -0.1) is 0 Å². The minimum absolute atomic E-state index is 0.189. The van der Waals surface area contributed by atoms with Crippen LogP contribution in [0.5, 0.6) is 5.75 Å². The number of benzene rings is 1. The Bertz CT molecular complexity index is 438. The molecule has 0 bridgehead atoms. The molecule has 0 saturated heterocycles. The first kappa shape index (κ1) is 11.9. The van der Waals surface area contributed by atoms with Crippen LogP contribution in [-0.4, -0.2) is 19.1 Å². The quantitative estimate of drug-likeness (QED) is 0.492. The molecule has 0 spiro atoms. The van der Waals surface area contributed by atoms with E-state index in [1.807, 2.05) is 25.1 Å². The fourth-order valence-electron chi connectivity index (χ4n) is 1.87. The fourth-order valence-corrected chi connectivity index (χ4v) is 1.87. The lowest BCUT2D eigenvalue weighted by Gasteiger charge is -2.13. The highest BCUT2D eigenvalue weighted by Crippen LogP contribution is 2.14. The molecule has 0 fully saturated rings. The Hall–Kier alpha value is -1.61. The molecule has 1 N–H and O–H groups in total. The van der Waals surface area contributed by atoms with E-state index in [9.17, 15) is 4.79 Å². The number of rotatable bonds is 3. The average molecular weight is 231 g/mol. The molecule has 1 aromatic rings. The average Bonchev–Trinajstić information content (AvgIpc) is 2.30. The summed E-state index contributed by atoms with van der Waals surface area (Å²) in [6, 6.07) is 7.54. The van der Waals surface area contributed by atoms with Crippen LogP contribution >= 0.6 is 0 Å². The van der Waals surface area contributed by atoms with Crippen molar-refractivity contribution in [1.82, 2.24) is 5.32 Å². The third-order valence-corrected chi connectivity index (χ3v) is 2.70. The summed E-state index contributed by atoms with van der Waals surface area (Å²) in [4.78, 5) is 11.7. The second-order valence-corrected chi connectivity index (χ2v) is 4.30. The van der Waals surface area contributed by atoms with E-state index in [0.29, 0.717) is 12.2 Å². The lowest BCUT2D eigenvalue weighted by Crippen LogP contribution is -2.24. The van der Waals surface area contributed by atoms with Crippen molar-refractivity contribution >= 4 is 5.97 Å². The molecule has 0 unspecified atom stereocenters. The number of carbonyl (C=O) groups is 1. The maximum Gasteiger partial charge on any atom is 0.315 e. The van der Waals surface area contributed by atoms with Crippen molar-refractivity contribution in [2.75, 3.05) is 13.1 Å². The molecule has 90 valence electrons. The number of esters is 1. The van der Waals surface area contributed by atoms with Gasteiger partial charge in [0, 0.05) is 6.54 Å². The van der Waals surface area contributed by atoms with E-state index < -0.39 is 0 Å². The van der Waals surface area contributed by atoms with E-state index in [-0.39, 0.29) is 5.97 Å². The summed E-state index contributed by atoms with van der Waals surface area (Å²) < 4.78 is 5.29. The molecule has 0 radical (unpaired) electrons. The molecule has 0 saturated carbocycles. The molecule has 0 aromatic heterocycles. The van der Waals surface area contributed by atoms with Crippen molar-refractivity contribution in [1.29, 1.82) is 0 Å². The molecule has 0 atom stereocenters. The van der Waals surface area contributed by atoms with Gasteiger partial charge < -0.3 is 10.1 Å². The molecule has 1 aromatic carbocycles. The van der Waals surface area contributed by atoms with Gasteiger partial charge in [-0.25, -0.2) is 0 Å². The van der Waals surface area contributed by atoms with Crippen LogP contribution < -0.4 is 10.1 Å². The van der Waals surface area contributed by atoms with Crippen LogP contribution in [0.2, 0.25) is 0 Å². The highest BCUT2D eigenvalue weighted by atomic mass is 16.5. The normalized spacial score (nSPS) is 15.2. The zero-order valence-electron chi connectivity index (χ0n) is 10.0. The standard InChI is InChI=1S/C14H17NO2/c1-11-4-2-6-13(8-11)17-14(16)9-12-5-3-7-15-10-12/h2,4-6,8,15H,3,7,9-10H2,1H3. The minimum atomic E-state index is -0.189. The Morgan fingerprint density at radius 1 is 1.47 bits per heavy atom. The summed E-state index contributed by atoms with van der Waals surface area (Å²) in [5.74, 6) is 0.435. The SMILES string of the molecule is Cc1cccc(OC(=O)CC2=CCCNC2)c1. The van der Waals surface area contributed by atoms with Gasteiger partial charge in [0.15, 0.2) is 0 Å². The Labute approximate surface area is 101 Å². The Morgan fingerprint density at radius 3 is 3.06 bits per heavy atom. The molecular formula is C14H17NO2. The van der Waals surface area contributed by atoms with Crippen LogP contribution in [0.3, 0.4) is 0 Å². The first-order valence-electron chi connectivity index (χ1n) is 5.90. The first-order valence-corrected chi connectivity index (χ1v) is 5.90. The Kier molecular flexibility index (Phi) is 3.94. The monoisotopic (exact) mass is 231 g/mol. The van der Waals surface area contributed by atoms with Crippen LogP contribution in [0.4, 0.5) is 0 Å². The summed E-state index contributed by atoms with van der Waals surface area (Å²) in [7, 11) is 0. The van der Waals surface area contributed by atoms with Crippen molar-refractivity contribution < 1.29 is 9.53 Å². The first-order chi connectivity index (χ1) is 8.24. The molecule has 3 heteroatoms. The summed E-state index contributed by atoms with van der Waals surface area (Å²) in [6.45, 7) is 3.77. The van der Waals surface area contributed by atoms with Gasteiger partial charge in [0.2, 0.25) is 0 Å². The second kappa shape index (κ2) is 5.64. The Balaban J connectivity index is 1.91. The van der Waals surface area contributed by atoms with Gasteiger partial charge in [-0.2, -0.15) is 0 Å². The largest absolute Gasteiger partial charge is 0.426 e. The predicted molar refractivity (Wildman–Crippen MR) is 67.0 cm³/mol. The van der Waals surface area contributed by atoms with Gasteiger partial charge in [-0.1, -0.05) is 18.2 Å². The van der Waals surface area contributed by atoms with E-state index in [1.54, 1.807) is 6.07 Å².